The van der Waals surface area contributed by atoms with Crippen molar-refractivity contribution in [3.8, 4) is 22.9 Å². The summed E-state index contributed by atoms with van der Waals surface area (Å²) >= 11 is 5.99. The number of aromatic nitrogens is 2. The summed E-state index contributed by atoms with van der Waals surface area (Å²) in [5.74, 6) is -1.49. The van der Waals surface area contributed by atoms with E-state index in [0.29, 0.717) is 16.1 Å². The lowest BCUT2D eigenvalue weighted by atomic mass is 9.95. The van der Waals surface area contributed by atoms with Gasteiger partial charge < -0.3 is 10.2 Å². The molecule has 41 heavy (non-hydrogen) atoms. The molecule has 0 spiro atoms. The highest BCUT2D eigenvalue weighted by Gasteiger charge is 2.30. The Morgan fingerprint density at radius 2 is 1.07 bits per heavy atom. The quantitative estimate of drug-likeness (QED) is 0.310. The lowest BCUT2D eigenvalue weighted by molar-refractivity contribution is 0.104. The molecule has 0 aliphatic carbocycles. The van der Waals surface area contributed by atoms with E-state index in [1.54, 1.807) is 26.0 Å². The van der Waals surface area contributed by atoms with Crippen LogP contribution in [0.5, 0.6) is 11.5 Å². The summed E-state index contributed by atoms with van der Waals surface area (Å²) < 4.78 is 1.44. The molecule has 0 aliphatic rings. The number of carbonyl (C=O) groups is 1. The number of aryl methyl sites for hydroxylation is 2. The van der Waals surface area contributed by atoms with Crippen molar-refractivity contribution >= 4 is 38.9 Å². The van der Waals surface area contributed by atoms with Crippen LogP contribution in [-0.2, 0) is 0 Å². The van der Waals surface area contributed by atoms with Gasteiger partial charge in [0.15, 0.2) is 5.78 Å². The smallest absolute Gasteiger partial charge is 0.267 e. The molecule has 10 heteroatoms. The number of phenols is 2. The summed E-state index contributed by atoms with van der Waals surface area (Å²) in [4.78, 5) is 69.1. The molecule has 0 saturated heterocycles. The summed E-state index contributed by atoms with van der Waals surface area (Å²) in [6, 6.07) is 15.5. The molecule has 0 radical (unpaired) electrons. The van der Waals surface area contributed by atoms with Gasteiger partial charge in [0.05, 0.1) is 32.9 Å². The van der Waals surface area contributed by atoms with Crippen molar-refractivity contribution in [2.75, 3.05) is 0 Å². The van der Waals surface area contributed by atoms with Crippen LogP contribution in [0.2, 0.25) is 5.02 Å². The molecule has 0 fully saturated rings. The van der Waals surface area contributed by atoms with Crippen LogP contribution in [0, 0.1) is 13.8 Å². The Morgan fingerprint density at radius 3 is 1.51 bits per heavy atom. The molecule has 6 aromatic rings. The van der Waals surface area contributed by atoms with Crippen LogP contribution in [0.4, 0.5) is 0 Å². The first-order valence-corrected chi connectivity index (χ1v) is 12.8. The van der Waals surface area contributed by atoms with Crippen molar-refractivity contribution < 1.29 is 15.0 Å². The molecule has 0 unspecified atom stereocenters. The van der Waals surface area contributed by atoms with Crippen LogP contribution < -0.4 is 22.2 Å². The zero-order valence-electron chi connectivity index (χ0n) is 21.6. The minimum absolute atomic E-state index is 0.0548. The van der Waals surface area contributed by atoms with E-state index in [1.807, 2.05) is 0 Å². The molecule has 0 atom stereocenters. The lowest BCUT2D eigenvalue weighted by Gasteiger charge is -2.06. The zero-order valence-corrected chi connectivity index (χ0v) is 22.3. The molecule has 202 valence electrons. The Morgan fingerprint density at radius 1 is 0.634 bits per heavy atom. The van der Waals surface area contributed by atoms with E-state index in [-0.39, 0.29) is 50.0 Å². The summed E-state index contributed by atoms with van der Waals surface area (Å²) in [5, 5.41) is 20.0. The van der Waals surface area contributed by atoms with Gasteiger partial charge in [-0.15, -0.1) is 0 Å². The van der Waals surface area contributed by atoms with Crippen molar-refractivity contribution in [3.05, 3.63) is 135 Å². The standard InChI is InChI=1S/C31H19ClN2O7/c1-14-3-9-22(35)20(11-14)33-28(38)18-13-19-25(31(41)34(29(19)39)21-12-15(2)4-10-23(21)36)26(24(18)30(33)40)27(37)16-5-7-17(32)8-6-16/h3-13,35-36H,1-2H3. The Labute approximate surface area is 235 Å². The average Bonchev–Trinajstić information content (AvgIpc) is 3.34. The Kier molecular flexibility index (Phi) is 5.79. The van der Waals surface area contributed by atoms with Gasteiger partial charge in [-0.05, 0) is 79.6 Å². The Hall–Kier alpha value is -5.28. The number of hydrogen-bond donors (Lipinski definition) is 2. The van der Waals surface area contributed by atoms with Crippen LogP contribution in [-0.4, -0.2) is 25.1 Å². The van der Waals surface area contributed by atoms with Crippen LogP contribution in [0.3, 0.4) is 0 Å². The van der Waals surface area contributed by atoms with Crippen molar-refractivity contribution in [2.45, 2.75) is 13.8 Å². The van der Waals surface area contributed by atoms with Gasteiger partial charge in [-0.25, -0.2) is 9.13 Å². The van der Waals surface area contributed by atoms with Crippen LogP contribution in [0.15, 0.2) is 85.9 Å². The van der Waals surface area contributed by atoms with E-state index in [0.717, 1.165) is 15.2 Å². The SMILES string of the molecule is Cc1ccc(O)c(-n2c(=O)c3cc4c(=O)n(-c5cc(C)ccc5O)c(=O)c4c(C(=O)c4ccc(Cl)cc4)c3c2=O)c1. The highest BCUT2D eigenvalue weighted by molar-refractivity contribution is 6.31. The second kappa shape index (κ2) is 9.14. The molecule has 2 aromatic heterocycles. The molecular formula is C31H19ClN2O7. The predicted octanol–water partition coefficient (Wildman–Crippen LogP) is 3.80. The summed E-state index contributed by atoms with van der Waals surface area (Å²) in [6.45, 7) is 3.41. The fraction of sp³-hybridized carbons (Fsp3) is 0.0645. The van der Waals surface area contributed by atoms with Crippen molar-refractivity contribution in [1.82, 2.24) is 9.13 Å². The topological polar surface area (TPSA) is 136 Å². The number of carbonyl (C=O) groups excluding carboxylic acids is 1. The molecule has 4 aromatic carbocycles. The third-order valence-corrected chi connectivity index (χ3v) is 7.36. The Balaban J connectivity index is 1.82. The monoisotopic (exact) mass is 566 g/mol. The first-order chi connectivity index (χ1) is 19.5. The van der Waals surface area contributed by atoms with E-state index in [9.17, 15) is 34.2 Å². The third-order valence-electron chi connectivity index (χ3n) is 7.11. The summed E-state index contributed by atoms with van der Waals surface area (Å²) in [6.07, 6.45) is 0. The van der Waals surface area contributed by atoms with Crippen molar-refractivity contribution in [2.24, 2.45) is 0 Å². The molecule has 2 heterocycles. The van der Waals surface area contributed by atoms with Crippen LogP contribution in [0.25, 0.3) is 32.9 Å². The zero-order chi connectivity index (χ0) is 29.3. The van der Waals surface area contributed by atoms with E-state index >= 15 is 0 Å². The van der Waals surface area contributed by atoms with Crippen molar-refractivity contribution in [3.63, 3.8) is 0 Å². The lowest BCUT2D eigenvalue weighted by Crippen LogP contribution is -2.25. The number of halogens is 1. The van der Waals surface area contributed by atoms with E-state index < -0.39 is 33.6 Å². The number of aromatic hydroxyl groups is 2. The number of fused-ring (bicyclic) bond motifs is 2. The number of nitrogens with zero attached hydrogens (tertiary/aromatic N) is 2. The summed E-state index contributed by atoms with van der Waals surface area (Å²) in [5.41, 5.74) is -2.94. The number of phenolic OH excluding ortho intramolecular Hbond substituents is 2. The van der Waals surface area contributed by atoms with Gasteiger partial charge in [0.1, 0.15) is 11.5 Å². The van der Waals surface area contributed by atoms with Crippen molar-refractivity contribution in [1.29, 1.82) is 0 Å². The van der Waals surface area contributed by atoms with Crippen LogP contribution in [0.1, 0.15) is 27.0 Å². The normalized spacial score (nSPS) is 11.5. The first-order valence-electron chi connectivity index (χ1n) is 12.4. The van der Waals surface area contributed by atoms with E-state index in [2.05, 4.69) is 0 Å². The maximum absolute atomic E-state index is 14.0. The number of benzene rings is 4. The van der Waals surface area contributed by atoms with Gasteiger partial charge in [-0.2, -0.15) is 0 Å². The largest absolute Gasteiger partial charge is 0.506 e. The second-order valence-electron chi connectivity index (χ2n) is 9.81. The van der Waals surface area contributed by atoms with E-state index in [1.165, 1.54) is 48.5 Å². The first kappa shape index (κ1) is 26.0. The summed E-state index contributed by atoms with van der Waals surface area (Å²) in [7, 11) is 0. The third kappa shape index (κ3) is 3.81. The average molecular weight is 567 g/mol. The number of rotatable bonds is 4. The predicted molar refractivity (Wildman–Crippen MR) is 155 cm³/mol. The molecule has 9 nitrogen and oxygen atoms in total. The molecule has 2 N–H and O–H groups in total. The molecule has 6 rings (SSSR count). The molecule has 0 saturated carbocycles. The molecular weight excluding hydrogens is 548 g/mol. The molecule has 0 aliphatic heterocycles. The van der Waals surface area contributed by atoms with Gasteiger partial charge >= 0.3 is 0 Å². The maximum atomic E-state index is 14.0. The van der Waals surface area contributed by atoms with E-state index in [4.69, 9.17) is 11.6 Å². The number of hydrogen-bond acceptors (Lipinski definition) is 7. The van der Waals surface area contributed by atoms with Gasteiger partial charge in [-0.1, -0.05) is 23.7 Å². The van der Waals surface area contributed by atoms with Crippen LogP contribution >= 0.6 is 11.6 Å². The molecule has 0 amide bonds. The maximum Gasteiger partial charge on any atom is 0.267 e. The van der Waals surface area contributed by atoms with Gasteiger partial charge in [0.2, 0.25) is 0 Å². The van der Waals surface area contributed by atoms with Gasteiger partial charge in [-0.3, -0.25) is 24.0 Å². The second-order valence-corrected chi connectivity index (χ2v) is 10.2. The Bertz CT molecular complexity index is 2170. The minimum atomic E-state index is -0.942. The highest BCUT2D eigenvalue weighted by Crippen LogP contribution is 2.29. The van der Waals surface area contributed by atoms with Gasteiger partial charge in [0, 0.05) is 16.1 Å². The minimum Gasteiger partial charge on any atom is -0.506 e. The highest BCUT2D eigenvalue weighted by atomic mass is 35.5. The molecule has 0 bridgehead atoms. The number of ketones is 1. The van der Waals surface area contributed by atoms with Gasteiger partial charge in [0.25, 0.3) is 22.2 Å². The fourth-order valence-corrected chi connectivity index (χ4v) is 5.27. The fourth-order valence-electron chi connectivity index (χ4n) is 5.15.